The molecule has 0 radical (unpaired) electrons. The summed E-state index contributed by atoms with van der Waals surface area (Å²) >= 11 is 0. The molecule has 1 aromatic carbocycles. The van der Waals surface area contributed by atoms with Crippen LogP contribution in [0.25, 0.3) is 0 Å². The molecule has 1 amide bonds. The summed E-state index contributed by atoms with van der Waals surface area (Å²) in [6.45, 7) is 0.483. The zero-order chi connectivity index (χ0) is 19.3. The summed E-state index contributed by atoms with van der Waals surface area (Å²) in [5.74, 6) is 0.513. The summed E-state index contributed by atoms with van der Waals surface area (Å²) in [5.41, 5.74) is 6.83. The van der Waals surface area contributed by atoms with E-state index in [9.17, 15) is 13.2 Å². The molecule has 2 aliphatic rings. The number of nitrogens with two attached hydrogens (primary N) is 1. The van der Waals surface area contributed by atoms with Crippen LogP contribution in [0.3, 0.4) is 0 Å². The molecule has 27 heavy (non-hydrogen) atoms. The Hall–Kier alpha value is -1.44. The highest BCUT2D eigenvalue weighted by Crippen LogP contribution is 2.26. The molecule has 0 spiro atoms. The molecule has 0 aliphatic heterocycles. The number of benzene rings is 1. The third-order valence-electron chi connectivity index (χ3n) is 5.59. The van der Waals surface area contributed by atoms with Crippen LogP contribution in [-0.2, 0) is 21.2 Å². The summed E-state index contributed by atoms with van der Waals surface area (Å²) in [6.07, 6.45) is 8.82. The highest BCUT2D eigenvalue weighted by molar-refractivity contribution is 7.89. The number of hydrogen-bond acceptors (Lipinski definition) is 4. The molecule has 2 saturated carbocycles. The van der Waals surface area contributed by atoms with Crippen molar-refractivity contribution in [3.8, 4) is 0 Å². The van der Waals surface area contributed by atoms with E-state index in [-0.39, 0.29) is 22.9 Å². The average Bonchev–Trinajstić information content (AvgIpc) is 3.49. The Morgan fingerprint density at radius 3 is 2.33 bits per heavy atom. The van der Waals surface area contributed by atoms with Crippen molar-refractivity contribution in [2.45, 2.75) is 74.8 Å². The number of carbonyl (C=O) groups excluding carboxylic acids is 1. The Balaban J connectivity index is 1.48. The molecule has 7 heteroatoms. The molecule has 6 nitrogen and oxygen atoms in total. The van der Waals surface area contributed by atoms with Gasteiger partial charge in [0.25, 0.3) is 0 Å². The SMILES string of the molecule is NCC(NC(=O)CCc1ccc(S(=O)(=O)NC2CC2)cc1)C1CCCCC1. The molecule has 150 valence electrons. The zero-order valence-electron chi connectivity index (χ0n) is 15.8. The first-order valence-corrected chi connectivity index (χ1v) is 11.6. The normalized spacial score (nSPS) is 19.6. The van der Waals surface area contributed by atoms with Gasteiger partial charge in [0.2, 0.25) is 15.9 Å². The van der Waals surface area contributed by atoms with Crippen molar-refractivity contribution in [2.24, 2.45) is 11.7 Å². The van der Waals surface area contributed by atoms with Gasteiger partial charge in [0, 0.05) is 25.0 Å². The predicted molar refractivity (Wildman–Crippen MR) is 106 cm³/mol. The number of carbonyl (C=O) groups is 1. The van der Waals surface area contributed by atoms with Gasteiger partial charge in [-0.2, -0.15) is 0 Å². The highest BCUT2D eigenvalue weighted by atomic mass is 32.2. The zero-order valence-corrected chi connectivity index (χ0v) is 16.6. The minimum Gasteiger partial charge on any atom is -0.352 e. The van der Waals surface area contributed by atoms with E-state index >= 15 is 0 Å². The fraction of sp³-hybridized carbons (Fsp3) is 0.650. The van der Waals surface area contributed by atoms with Crippen LogP contribution in [0.15, 0.2) is 29.2 Å². The van der Waals surface area contributed by atoms with Crippen molar-refractivity contribution in [2.75, 3.05) is 6.54 Å². The van der Waals surface area contributed by atoms with Gasteiger partial charge in [-0.05, 0) is 55.7 Å². The first kappa shape index (κ1) is 20.3. The van der Waals surface area contributed by atoms with E-state index in [1.807, 2.05) is 0 Å². The summed E-state index contributed by atoms with van der Waals surface area (Å²) in [6, 6.07) is 6.97. The monoisotopic (exact) mass is 393 g/mol. The van der Waals surface area contributed by atoms with Gasteiger partial charge in [-0.1, -0.05) is 31.4 Å². The Morgan fingerprint density at radius 1 is 1.07 bits per heavy atom. The topological polar surface area (TPSA) is 101 Å². The molecule has 2 fully saturated rings. The lowest BCUT2D eigenvalue weighted by Crippen LogP contribution is -2.45. The van der Waals surface area contributed by atoms with E-state index in [1.165, 1.54) is 19.3 Å². The molecular formula is C20H31N3O3S. The van der Waals surface area contributed by atoms with Crippen molar-refractivity contribution in [1.29, 1.82) is 0 Å². The quantitative estimate of drug-likeness (QED) is 0.598. The number of amides is 1. The minimum atomic E-state index is -3.42. The number of sulfonamides is 1. The predicted octanol–water partition coefficient (Wildman–Crippen LogP) is 2.08. The summed E-state index contributed by atoms with van der Waals surface area (Å²) < 4.78 is 27.0. The van der Waals surface area contributed by atoms with Crippen molar-refractivity contribution in [3.63, 3.8) is 0 Å². The van der Waals surface area contributed by atoms with Crippen molar-refractivity contribution in [3.05, 3.63) is 29.8 Å². The van der Waals surface area contributed by atoms with Crippen LogP contribution in [0.2, 0.25) is 0 Å². The maximum Gasteiger partial charge on any atom is 0.240 e. The minimum absolute atomic E-state index is 0.0168. The maximum atomic E-state index is 12.3. The highest BCUT2D eigenvalue weighted by Gasteiger charge is 2.28. The van der Waals surface area contributed by atoms with Crippen LogP contribution in [0.5, 0.6) is 0 Å². The van der Waals surface area contributed by atoms with Gasteiger partial charge in [0.1, 0.15) is 0 Å². The van der Waals surface area contributed by atoms with Gasteiger partial charge < -0.3 is 11.1 Å². The van der Waals surface area contributed by atoms with Crippen LogP contribution in [0, 0.1) is 5.92 Å². The Kier molecular flexibility index (Phi) is 6.89. The fourth-order valence-electron chi connectivity index (χ4n) is 3.77. The first-order chi connectivity index (χ1) is 13.0. The van der Waals surface area contributed by atoms with Crippen LogP contribution < -0.4 is 15.8 Å². The number of hydrogen-bond donors (Lipinski definition) is 3. The fourth-order valence-corrected chi connectivity index (χ4v) is 5.07. The second kappa shape index (κ2) is 9.17. The molecule has 3 rings (SSSR count). The Morgan fingerprint density at radius 2 is 1.74 bits per heavy atom. The van der Waals surface area contributed by atoms with Gasteiger partial charge in [-0.25, -0.2) is 13.1 Å². The van der Waals surface area contributed by atoms with Crippen molar-refractivity contribution >= 4 is 15.9 Å². The second-order valence-corrected chi connectivity index (χ2v) is 9.56. The first-order valence-electron chi connectivity index (χ1n) is 10.1. The molecule has 1 aromatic rings. The standard InChI is InChI=1S/C20H31N3O3S/c21-14-19(16-4-2-1-3-5-16)22-20(24)13-8-15-6-11-18(12-7-15)27(25,26)23-17-9-10-17/h6-7,11-12,16-17,19,23H,1-5,8-10,13-14,21H2,(H,22,24). The van der Waals surface area contributed by atoms with E-state index < -0.39 is 10.0 Å². The Bertz CT molecular complexity index is 723. The third-order valence-corrected chi connectivity index (χ3v) is 7.13. The molecule has 4 N–H and O–H groups in total. The van der Waals surface area contributed by atoms with E-state index in [1.54, 1.807) is 24.3 Å². The van der Waals surface area contributed by atoms with Crippen molar-refractivity contribution < 1.29 is 13.2 Å². The third kappa shape index (κ3) is 6.02. The molecule has 0 aromatic heterocycles. The van der Waals surface area contributed by atoms with Gasteiger partial charge >= 0.3 is 0 Å². The number of nitrogens with one attached hydrogen (secondary N) is 2. The average molecular weight is 394 g/mol. The molecule has 0 saturated heterocycles. The van der Waals surface area contributed by atoms with Gasteiger partial charge in [-0.3, -0.25) is 4.79 Å². The van der Waals surface area contributed by atoms with E-state index in [2.05, 4.69) is 10.0 Å². The Labute approximate surface area is 162 Å². The summed E-state index contributed by atoms with van der Waals surface area (Å²) in [7, 11) is -3.42. The second-order valence-electron chi connectivity index (χ2n) is 7.85. The van der Waals surface area contributed by atoms with Gasteiger partial charge in [-0.15, -0.1) is 0 Å². The lowest BCUT2D eigenvalue weighted by molar-refractivity contribution is -0.122. The van der Waals surface area contributed by atoms with Crippen LogP contribution in [-0.4, -0.2) is 33.0 Å². The number of aryl methyl sites for hydroxylation is 1. The van der Waals surface area contributed by atoms with E-state index in [0.29, 0.717) is 25.3 Å². The van der Waals surface area contributed by atoms with E-state index in [4.69, 9.17) is 5.73 Å². The van der Waals surface area contributed by atoms with Crippen molar-refractivity contribution in [1.82, 2.24) is 10.0 Å². The van der Waals surface area contributed by atoms with E-state index in [0.717, 1.165) is 31.2 Å². The lowest BCUT2D eigenvalue weighted by Gasteiger charge is -2.30. The van der Waals surface area contributed by atoms with Crippen LogP contribution in [0.1, 0.15) is 56.9 Å². The smallest absolute Gasteiger partial charge is 0.240 e. The molecular weight excluding hydrogens is 362 g/mol. The maximum absolute atomic E-state index is 12.3. The van der Waals surface area contributed by atoms with Gasteiger partial charge in [0.05, 0.1) is 4.90 Å². The molecule has 0 heterocycles. The summed E-state index contributed by atoms with van der Waals surface area (Å²) in [4.78, 5) is 12.6. The largest absolute Gasteiger partial charge is 0.352 e. The molecule has 2 aliphatic carbocycles. The molecule has 1 atom stereocenters. The van der Waals surface area contributed by atoms with Crippen LogP contribution >= 0.6 is 0 Å². The number of rotatable bonds is 9. The molecule has 1 unspecified atom stereocenters. The molecule has 0 bridgehead atoms. The summed E-state index contributed by atoms with van der Waals surface area (Å²) in [5, 5.41) is 3.10. The van der Waals surface area contributed by atoms with Gasteiger partial charge in [0.15, 0.2) is 0 Å². The van der Waals surface area contributed by atoms with Crippen LogP contribution in [0.4, 0.5) is 0 Å². The lowest BCUT2D eigenvalue weighted by atomic mass is 9.84.